The third-order valence-corrected chi connectivity index (χ3v) is 4.55. The fraction of sp³-hybridized carbons (Fsp3) is 0.600. The van der Waals surface area contributed by atoms with Crippen LogP contribution in [0.1, 0.15) is 43.2 Å². The molecule has 2 aliphatic rings. The topological polar surface area (TPSA) is 32.3 Å². The Kier molecular flexibility index (Phi) is 3.48. The van der Waals surface area contributed by atoms with Gasteiger partial charge in [-0.3, -0.25) is 0 Å². The molecule has 1 aromatic rings. The second-order valence-electron chi connectivity index (χ2n) is 6.10. The first-order valence-corrected chi connectivity index (χ1v) is 7.14. The van der Waals surface area contributed by atoms with Gasteiger partial charge in [0, 0.05) is 17.6 Å². The summed E-state index contributed by atoms with van der Waals surface area (Å²) >= 11 is 0. The van der Waals surface area contributed by atoms with Gasteiger partial charge in [-0.05, 0) is 31.7 Å². The van der Waals surface area contributed by atoms with Crippen LogP contribution in [0.4, 0.5) is 17.6 Å². The first-order chi connectivity index (χ1) is 9.79. The molecule has 2 atom stereocenters. The van der Waals surface area contributed by atoms with Gasteiger partial charge < -0.3 is 10.4 Å². The number of nitrogens with one attached hydrogen (secondary N) is 1. The van der Waals surface area contributed by atoms with Crippen molar-refractivity contribution < 1.29 is 22.7 Å². The number of halogens is 4. The maximum absolute atomic E-state index is 14.3. The van der Waals surface area contributed by atoms with Crippen molar-refractivity contribution in [2.45, 2.75) is 56.0 Å². The predicted molar refractivity (Wildman–Crippen MR) is 69.1 cm³/mol. The van der Waals surface area contributed by atoms with Crippen LogP contribution in [-0.2, 0) is 11.8 Å². The van der Waals surface area contributed by atoms with Crippen LogP contribution in [0, 0.1) is 5.82 Å². The Balaban J connectivity index is 2.00. The van der Waals surface area contributed by atoms with Gasteiger partial charge in [-0.15, -0.1) is 0 Å². The Morgan fingerprint density at radius 3 is 2.33 bits per heavy atom. The van der Waals surface area contributed by atoms with Crippen LogP contribution in [0.5, 0.6) is 0 Å². The maximum atomic E-state index is 14.3. The van der Waals surface area contributed by atoms with E-state index in [9.17, 15) is 22.7 Å². The van der Waals surface area contributed by atoms with Gasteiger partial charge in [0.1, 0.15) is 5.82 Å². The fourth-order valence-electron chi connectivity index (χ4n) is 3.66. The smallest absolute Gasteiger partial charge is 0.385 e. The number of hydrogen-bond donors (Lipinski definition) is 2. The van der Waals surface area contributed by atoms with E-state index in [1.54, 1.807) is 0 Å². The molecule has 6 heteroatoms. The molecule has 2 nitrogen and oxygen atoms in total. The normalized spacial score (nSPS) is 33.0. The van der Waals surface area contributed by atoms with Gasteiger partial charge in [-0.25, -0.2) is 4.39 Å². The molecule has 116 valence electrons. The number of alkyl halides is 3. The Morgan fingerprint density at radius 1 is 1.14 bits per heavy atom. The van der Waals surface area contributed by atoms with Gasteiger partial charge in [-0.2, -0.15) is 13.2 Å². The van der Waals surface area contributed by atoms with E-state index in [2.05, 4.69) is 5.32 Å². The largest absolute Gasteiger partial charge is 0.419 e. The van der Waals surface area contributed by atoms with E-state index in [1.807, 2.05) is 0 Å². The van der Waals surface area contributed by atoms with Crippen LogP contribution in [-0.4, -0.2) is 17.2 Å². The summed E-state index contributed by atoms with van der Waals surface area (Å²) in [4.78, 5) is 0. The molecule has 2 heterocycles. The third kappa shape index (κ3) is 2.66. The summed E-state index contributed by atoms with van der Waals surface area (Å²) in [5, 5.41) is 14.1. The molecule has 3 rings (SSSR count). The van der Waals surface area contributed by atoms with Gasteiger partial charge >= 0.3 is 6.18 Å². The van der Waals surface area contributed by atoms with E-state index in [1.165, 1.54) is 6.07 Å². The second kappa shape index (κ2) is 4.95. The average Bonchev–Trinajstić information content (AvgIpc) is 2.36. The van der Waals surface area contributed by atoms with Crippen molar-refractivity contribution >= 4 is 0 Å². The molecule has 0 radical (unpaired) electrons. The highest BCUT2D eigenvalue weighted by Crippen LogP contribution is 2.42. The molecule has 0 aromatic heterocycles. The molecule has 0 amide bonds. The lowest BCUT2D eigenvalue weighted by molar-refractivity contribution is -0.140. The number of aliphatic hydroxyl groups is 1. The van der Waals surface area contributed by atoms with Crippen molar-refractivity contribution in [1.29, 1.82) is 0 Å². The van der Waals surface area contributed by atoms with Crippen LogP contribution in [0.3, 0.4) is 0 Å². The van der Waals surface area contributed by atoms with Crippen LogP contribution in [0.15, 0.2) is 18.2 Å². The molecular formula is C15H17F4NO. The number of benzene rings is 1. The van der Waals surface area contributed by atoms with Gasteiger partial charge in [0.15, 0.2) is 0 Å². The van der Waals surface area contributed by atoms with Crippen LogP contribution < -0.4 is 5.32 Å². The highest BCUT2D eigenvalue weighted by Gasteiger charge is 2.45. The summed E-state index contributed by atoms with van der Waals surface area (Å²) in [7, 11) is 0. The van der Waals surface area contributed by atoms with E-state index in [4.69, 9.17) is 0 Å². The molecule has 2 unspecified atom stereocenters. The molecule has 2 bridgehead atoms. The summed E-state index contributed by atoms with van der Waals surface area (Å²) in [6.07, 6.45) is -1.50. The van der Waals surface area contributed by atoms with Crippen molar-refractivity contribution in [1.82, 2.24) is 5.32 Å². The molecule has 1 aromatic carbocycles. The zero-order chi connectivity index (χ0) is 15.3. The molecule has 2 saturated heterocycles. The lowest BCUT2D eigenvalue weighted by Crippen LogP contribution is -2.54. The Bertz CT molecular complexity index is 531. The average molecular weight is 303 g/mol. The molecule has 0 spiro atoms. The Labute approximate surface area is 120 Å². The quantitative estimate of drug-likeness (QED) is 0.780. The van der Waals surface area contributed by atoms with Gasteiger partial charge in [0.2, 0.25) is 0 Å². The maximum Gasteiger partial charge on any atom is 0.419 e. The van der Waals surface area contributed by atoms with Crippen molar-refractivity contribution in [3.8, 4) is 0 Å². The van der Waals surface area contributed by atoms with Crippen molar-refractivity contribution in [2.24, 2.45) is 0 Å². The Morgan fingerprint density at radius 2 is 1.76 bits per heavy atom. The summed E-state index contributed by atoms with van der Waals surface area (Å²) in [6.45, 7) is 0. The van der Waals surface area contributed by atoms with E-state index >= 15 is 0 Å². The van der Waals surface area contributed by atoms with E-state index < -0.39 is 23.2 Å². The number of fused-ring (bicyclic) bond motifs is 2. The summed E-state index contributed by atoms with van der Waals surface area (Å²) in [5.74, 6) is -1.34. The van der Waals surface area contributed by atoms with E-state index in [-0.39, 0.29) is 30.5 Å². The van der Waals surface area contributed by atoms with E-state index in [0.29, 0.717) is 6.07 Å². The first kappa shape index (κ1) is 14.8. The van der Waals surface area contributed by atoms with Gasteiger partial charge in [-0.1, -0.05) is 18.6 Å². The standard InChI is InChI=1S/C15H17F4NO/c16-13-11(5-2-6-12(13)15(17,18)19)14(21)7-9-3-1-4-10(8-14)20-9/h2,5-6,9-10,20-21H,1,3-4,7-8H2. The molecule has 0 aliphatic carbocycles. The van der Waals surface area contributed by atoms with Gasteiger partial charge in [0.05, 0.1) is 11.2 Å². The van der Waals surface area contributed by atoms with Crippen molar-refractivity contribution in [3.63, 3.8) is 0 Å². The van der Waals surface area contributed by atoms with Crippen LogP contribution in [0.25, 0.3) is 0 Å². The number of piperidine rings is 2. The highest BCUT2D eigenvalue weighted by atomic mass is 19.4. The highest BCUT2D eigenvalue weighted by molar-refractivity contribution is 5.33. The van der Waals surface area contributed by atoms with E-state index in [0.717, 1.165) is 25.3 Å². The molecular weight excluding hydrogens is 286 g/mol. The SMILES string of the molecule is OC1(c2cccc(C(F)(F)F)c2F)CC2CCCC(C1)N2. The molecule has 2 N–H and O–H groups in total. The monoisotopic (exact) mass is 303 g/mol. The number of rotatable bonds is 1. The van der Waals surface area contributed by atoms with Gasteiger partial charge in [0.25, 0.3) is 0 Å². The number of hydrogen-bond acceptors (Lipinski definition) is 2. The first-order valence-electron chi connectivity index (χ1n) is 7.14. The minimum absolute atomic E-state index is 0.0384. The van der Waals surface area contributed by atoms with Crippen molar-refractivity contribution in [3.05, 3.63) is 35.1 Å². The zero-order valence-electron chi connectivity index (χ0n) is 11.4. The summed E-state index contributed by atoms with van der Waals surface area (Å²) < 4.78 is 52.7. The van der Waals surface area contributed by atoms with Crippen molar-refractivity contribution in [2.75, 3.05) is 0 Å². The predicted octanol–water partition coefficient (Wildman–Crippen LogP) is 3.34. The fourth-order valence-corrected chi connectivity index (χ4v) is 3.66. The molecule has 2 fully saturated rings. The van der Waals surface area contributed by atoms with Crippen LogP contribution >= 0.6 is 0 Å². The molecule has 2 aliphatic heterocycles. The second-order valence-corrected chi connectivity index (χ2v) is 6.10. The third-order valence-electron chi connectivity index (χ3n) is 4.55. The summed E-state index contributed by atoms with van der Waals surface area (Å²) in [5.41, 5.74) is -3.06. The minimum atomic E-state index is -4.75. The molecule has 0 saturated carbocycles. The minimum Gasteiger partial charge on any atom is -0.385 e. The van der Waals surface area contributed by atoms with Crippen LogP contribution in [0.2, 0.25) is 0 Å². The zero-order valence-corrected chi connectivity index (χ0v) is 11.4. The lowest BCUT2D eigenvalue weighted by Gasteiger charge is -2.45. The molecule has 21 heavy (non-hydrogen) atoms. The lowest BCUT2D eigenvalue weighted by atomic mass is 9.73. The Hall–Kier alpha value is -1.14. The summed E-state index contributed by atoms with van der Waals surface area (Å²) in [6, 6.07) is 3.22.